The van der Waals surface area contributed by atoms with Crippen molar-refractivity contribution in [3.05, 3.63) is 35.5 Å². The molecule has 0 saturated heterocycles. The Labute approximate surface area is 36.5 Å². The molecule has 2 aliphatic carbocycles. The fourth-order valence-electron chi connectivity index (χ4n) is 0.468. The van der Waals surface area contributed by atoms with E-state index in [1.807, 2.05) is 0 Å². The maximum atomic E-state index is 2.12. The van der Waals surface area contributed by atoms with E-state index >= 15 is 0 Å². The molecule has 0 amide bonds. The third-order valence-electron chi connectivity index (χ3n) is 1.00. The second-order valence-electron chi connectivity index (χ2n) is 1.58. The lowest BCUT2D eigenvalue weighted by Gasteiger charge is -1.61. The molecule has 0 aromatic rings. The monoisotopic (exact) mass is 76.0 g/mol. The van der Waals surface area contributed by atoms with Gasteiger partial charge in [0.25, 0.3) is 0 Å². The topological polar surface area (TPSA) is 0 Å². The molecule has 0 nitrogen and oxygen atoms in total. The maximum Gasteiger partial charge on any atom is -0.0184 e. The lowest BCUT2D eigenvalue weighted by Crippen LogP contribution is -1.43. The van der Waals surface area contributed by atoms with E-state index in [4.69, 9.17) is 0 Å². The Bertz CT molecular complexity index is 132. The van der Waals surface area contributed by atoms with Crippen LogP contribution in [0.4, 0.5) is 0 Å². The molecule has 2 rings (SSSR count). The minimum atomic E-state index is 1.43. The van der Waals surface area contributed by atoms with Crippen molar-refractivity contribution in [2.75, 3.05) is 0 Å². The average molecular weight is 76.1 g/mol. The minimum Gasteiger partial charge on any atom is -0.0538 e. The number of rotatable bonds is 0. The first-order valence-electron chi connectivity index (χ1n) is 2.07. The molecule has 0 aromatic heterocycles. The Morgan fingerprint density at radius 1 is 0.667 bits per heavy atom. The van der Waals surface area contributed by atoms with Crippen LogP contribution in [-0.4, -0.2) is 0 Å². The lowest BCUT2D eigenvalue weighted by atomic mass is 10.4. The van der Waals surface area contributed by atoms with Crippen LogP contribution in [0.5, 0.6) is 0 Å². The Morgan fingerprint density at radius 3 is 1.17 bits per heavy atom. The van der Waals surface area contributed by atoms with Crippen molar-refractivity contribution in [2.45, 2.75) is 0 Å². The SMILES string of the molecule is C1=CC1=C1C=C1. The summed E-state index contributed by atoms with van der Waals surface area (Å²) in [5, 5.41) is 0. The molecular weight excluding hydrogens is 72.1 g/mol. The van der Waals surface area contributed by atoms with Gasteiger partial charge in [0, 0.05) is 0 Å². The number of allylic oxidation sites excluding steroid dienone is 6. The molecule has 0 N–H and O–H groups in total. The Hall–Kier alpha value is -0.780. The average Bonchev–Trinajstić information content (AvgIpc) is 2.26. The summed E-state index contributed by atoms with van der Waals surface area (Å²) in [5.41, 5.74) is 2.85. The molecular formula is C6H4. The Kier molecular flexibility index (Phi) is 0.206. The molecule has 0 heteroatoms. The van der Waals surface area contributed by atoms with E-state index in [9.17, 15) is 0 Å². The minimum absolute atomic E-state index is 1.43. The van der Waals surface area contributed by atoms with Crippen LogP contribution in [0.3, 0.4) is 0 Å². The van der Waals surface area contributed by atoms with E-state index in [0.29, 0.717) is 0 Å². The van der Waals surface area contributed by atoms with Gasteiger partial charge in [-0.1, -0.05) is 24.3 Å². The molecule has 0 aromatic carbocycles. The van der Waals surface area contributed by atoms with Gasteiger partial charge in [-0.3, -0.25) is 0 Å². The summed E-state index contributed by atoms with van der Waals surface area (Å²) in [6.45, 7) is 0. The predicted octanol–water partition coefficient (Wildman–Crippen LogP) is 1.42. The summed E-state index contributed by atoms with van der Waals surface area (Å²) in [5.74, 6) is 0. The molecule has 0 bridgehead atoms. The van der Waals surface area contributed by atoms with Gasteiger partial charge in [-0.25, -0.2) is 0 Å². The van der Waals surface area contributed by atoms with Gasteiger partial charge < -0.3 is 0 Å². The zero-order chi connectivity index (χ0) is 3.98. The summed E-state index contributed by atoms with van der Waals surface area (Å²) < 4.78 is 0. The van der Waals surface area contributed by atoms with Crippen molar-refractivity contribution >= 4 is 0 Å². The number of hydrogen-bond acceptors (Lipinski definition) is 0. The van der Waals surface area contributed by atoms with E-state index in [1.54, 1.807) is 0 Å². The molecule has 0 aliphatic heterocycles. The van der Waals surface area contributed by atoms with Crippen LogP contribution >= 0.6 is 0 Å². The van der Waals surface area contributed by atoms with Gasteiger partial charge in [-0.05, 0) is 11.1 Å². The standard InChI is InChI=1S/C6H4/c1-2-5(1)6-3-4-6/h1-4H. The molecule has 0 heterocycles. The lowest BCUT2D eigenvalue weighted by molar-refractivity contribution is 1.93. The quantitative estimate of drug-likeness (QED) is 0.409. The highest BCUT2D eigenvalue weighted by atomic mass is 14.1. The van der Waals surface area contributed by atoms with Gasteiger partial charge in [0.05, 0.1) is 0 Å². The molecule has 28 valence electrons. The summed E-state index contributed by atoms with van der Waals surface area (Å²) >= 11 is 0. The summed E-state index contributed by atoms with van der Waals surface area (Å²) in [7, 11) is 0. The summed E-state index contributed by atoms with van der Waals surface area (Å²) in [4.78, 5) is 0. The van der Waals surface area contributed by atoms with Gasteiger partial charge in [-0.15, -0.1) is 0 Å². The third-order valence-corrected chi connectivity index (χ3v) is 1.00. The molecule has 0 radical (unpaired) electrons. The predicted molar refractivity (Wildman–Crippen MR) is 25.3 cm³/mol. The first-order valence-corrected chi connectivity index (χ1v) is 2.07. The smallest absolute Gasteiger partial charge is 0.0184 e. The van der Waals surface area contributed by atoms with Crippen molar-refractivity contribution in [1.29, 1.82) is 0 Å². The van der Waals surface area contributed by atoms with E-state index in [-0.39, 0.29) is 0 Å². The zero-order valence-electron chi connectivity index (χ0n) is 3.31. The third kappa shape index (κ3) is 0.187. The summed E-state index contributed by atoms with van der Waals surface area (Å²) in [6.07, 6.45) is 8.48. The van der Waals surface area contributed by atoms with Crippen LogP contribution in [-0.2, 0) is 0 Å². The van der Waals surface area contributed by atoms with Gasteiger partial charge in [-0.2, -0.15) is 0 Å². The first-order chi connectivity index (χ1) is 2.97. The van der Waals surface area contributed by atoms with Crippen molar-refractivity contribution in [3.8, 4) is 0 Å². The first kappa shape index (κ1) is 2.40. The highest BCUT2D eigenvalue weighted by Crippen LogP contribution is 2.28. The van der Waals surface area contributed by atoms with Crippen LogP contribution in [0.25, 0.3) is 0 Å². The molecule has 2 aliphatic rings. The fraction of sp³-hybridized carbons (Fsp3) is 0. The molecule has 0 saturated carbocycles. The normalized spacial score (nSPS) is 22.7. The van der Waals surface area contributed by atoms with Crippen molar-refractivity contribution in [2.24, 2.45) is 0 Å². The summed E-state index contributed by atoms with van der Waals surface area (Å²) in [6, 6.07) is 0. The Morgan fingerprint density at radius 2 is 1.00 bits per heavy atom. The molecule has 0 fully saturated rings. The number of hydrogen-bond donors (Lipinski definition) is 0. The zero-order valence-corrected chi connectivity index (χ0v) is 3.31. The highest BCUT2D eigenvalue weighted by molar-refractivity contribution is 5.64. The van der Waals surface area contributed by atoms with Crippen LogP contribution in [0.15, 0.2) is 35.5 Å². The van der Waals surface area contributed by atoms with E-state index < -0.39 is 0 Å². The molecule has 0 spiro atoms. The second-order valence-corrected chi connectivity index (χ2v) is 1.58. The van der Waals surface area contributed by atoms with E-state index in [1.165, 1.54) is 11.1 Å². The maximum absolute atomic E-state index is 2.12. The largest absolute Gasteiger partial charge is 0.0538 e. The fourth-order valence-corrected chi connectivity index (χ4v) is 0.468. The van der Waals surface area contributed by atoms with E-state index in [0.717, 1.165) is 0 Å². The van der Waals surface area contributed by atoms with Crippen LogP contribution in [0, 0.1) is 0 Å². The molecule has 0 unspecified atom stereocenters. The van der Waals surface area contributed by atoms with E-state index in [2.05, 4.69) is 24.3 Å². The van der Waals surface area contributed by atoms with Crippen LogP contribution in [0.2, 0.25) is 0 Å². The van der Waals surface area contributed by atoms with Gasteiger partial charge >= 0.3 is 0 Å². The van der Waals surface area contributed by atoms with Crippen molar-refractivity contribution in [1.82, 2.24) is 0 Å². The van der Waals surface area contributed by atoms with Crippen LogP contribution in [0.1, 0.15) is 0 Å². The highest BCUT2D eigenvalue weighted by Gasteiger charge is 2.09. The van der Waals surface area contributed by atoms with Crippen molar-refractivity contribution in [3.63, 3.8) is 0 Å². The second kappa shape index (κ2) is 0.515. The van der Waals surface area contributed by atoms with Gasteiger partial charge in [0.2, 0.25) is 0 Å². The molecule has 6 heavy (non-hydrogen) atoms. The molecule has 0 atom stereocenters. The van der Waals surface area contributed by atoms with Crippen molar-refractivity contribution < 1.29 is 0 Å². The van der Waals surface area contributed by atoms with Crippen LogP contribution < -0.4 is 0 Å². The Balaban J connectivity index is 2.41. The van der Waals surface area contributed by atoms with Gasteiger partial charge in [0.1, 0.15) is 0 Å². The van der Waals surface area contributed by atoms with Gasteiger partial charge in [0.15, 0.2) is 0 Å².